The van der Waals surface area contributed by atoms with E-state index in [-0.39, 0.29) is 31.7 Å². The molecule has 0 spiro atoms. The number of halogens is 1. The van der Waals surface area contributed by atoms with Crippen LogP contribution in [-0.2, 0) is 9.59 Å². The van der Waals surface area contributed by atoms with Crippen LogP contribution in [0.15, 0.2) is 18.2 Å². The lowest BCUT2D eigenvalue weighted by Crippen LogP contribution is -2.43. The number of nitrogens with one attached hydrogen (secondary N) is 2. The molecule has 0 aromatic heterocycles. The van der Waals surface area contributed by atoms with E-state index in [1.807, 2.05) is 6.92 Å². The Morgan fingerprint density at radius 3 is 2.80 bits per heavy atom. The second kappa shape index (κ2) is 10.6. The maximum atomic E-state index is 11.7. The SMILES string of the molecule is CCCC(NCC(=O)NCCOc1ccc2c(c1)OCO2)C(=O)O.Cl. The van der Waals surface area contributed by atoms with Crippen LogP contribution in [0.5, 0.6) is 17.2 Å². The van der Waals surface area contributed by atoms with Gasteiger partial charge in [-0.3, -0.25) is 14.9 Å². The van der Waals surface area contributed by atoms with Crippen molar-refractivity contribution < 1.29 is 28.9 Å². The first kappa shape index (κ1) is 20.9. The van der Waals surface area contributed by atoms with Gasteiger partial charge in [-0.2, -0.15) is 0 Å². The van der Waals surface area contributed by atoms with Crippen LogP contribution in [0.2, 0.25) is 0 Å². The molecule has 1 aromatic carbocycles. The zero-order valence-corrected chi connectivity index (χ0v) is 14.8. The summed E-state index contributed by atoms with van der Waals surface area (Å²) in [4.78, 5) is 22.6. The minimum atomic E-state index is -0.948. The van der Waals surface area contributed by atoms with Gasteiger partial charge < -0.3 is 24.6 Å². The van der Waals surface area contributed by atoms with Crippen LogP contribution in [0.25, 0.3) is 0 Å². The third-order valence-electron chi connectivity index (χ3n) is 3.42. The number of carbonyl (C=O) groups excluding carboxylic acids is 1. The van der Waals surface area contributed by atoms with E-state index in [1.54, 1.807) is 18.2 Å². The Bertz CT molecular complexity index is 584. The fourth-order valence-electron chi connectivity index (χ4n) is 2.21. The van der Waals surface area contributed by atoms with Crippen molar-refractivity contribution >= 4 is 24.3 Å². The molecule has 0 fully saturated rings. The maximum absolute atomic E-state index is 11.7. The molecule has 1 aliphatic rings. The highest BCUT2D eigenvalue weighted by Gasteiger charge is 2.16. The van der Waals surface area contributed by atoms with E-state index in [4.69, 9.17) is 19.3 Å². The number of carboxylic acids is 1. The molecule has 0 aliphatic carbocycles. The summed E-state index contributed by atoms with van der Waals surface area (Å²) in [7, 11) is 0. The van der Waals surface area contributed by atoms with Gasteiger partial charge in [-0.25, -0.2) is 0 Å². The molecule has 3 N–H and O–H groups in total. The van der Waals surface area contributed by atoms with Crippen molar-refractivity contribution in [3.05, 3.63) is 18.2 Å². The summed E-state index contributed by atoms with van der Waals surface area (Å²) in [6.45, 7) is 2.67. The standard InChI is InChI=1S/C16H22N2O6.ClH/c1-2-3-12(16(20)21)18-9-15(19)17-6-7-22-11-4-5-13-14(8-11)24-10-23-13;/h4-5,8,12,18H,2-3,6-7,9-10H2,1H3,(H,17,19)(H,20,21);1H. The van der Waals surface area contributed by atoms with Crippen molar-refractivity contribution in [3.63, 3.8) is 0 Å². The molecule has 1 unspecified atom stereocenters. The molecular weight excluding hydrogens is 352 g/mol. The minimum Gasteiger partial charge on any atom is -0.492 e. The van der Waals surface area contributed by atoms with E-state index >= 15 is 0 Å². The Balaban J connectivity index is 0.00000312. The van der Waals surface area contributed by atoms with Gasteiger partial charge >= 0.3 is 5.97 Å². The molecule has 0 bridgehead atoms. The third-order valence-corrected chi connectivity index (χ3v) is 3.42. The van der Waals surface area contributed by atoms with Gasteiger partial charge in [0.05, 0.1) is 13.1 Å². The summed E-state index contributed by atoms with van der Waals surface area (Å²) >= 11 is 0. The smallest absolute Gasteiger partial charge is 0.320 e. The van der Waals surface area contributed by atoms with Crippen molar-refractivity contribution in [2.24, 2.45) is 0 Å². The van der Waals surface area contributed by atoms with E-state index in [9.17, 15) is 9.59 Å². The van der Waals surface area contributed by atoms with Crippen LogP contribution in [0.1, 0.15) is 19.8 Å². The molecule has 0 radical (unpaired) electrons. The van der Waals surface area contributed by atoms with Crippen LogP contribution in [0.4, 0.5) is 0 Å². The van der Waals surface area contributed by atoms with Crippen LogP contribution in [0.3, 0.4) is 0 Å². The molecule has 25 heavy (non-hydrogen) atoms. The predicted octanol–water partition coefficient (Wildman–Crippen LogP) is 1.18. The van der Waals surface area contributed by atoms with Crippen molar-refractivity contribution in [2.75, 3.05) is 26.5 Å². The average Bonchev–Trinajstić information content (AvgIpc) is 3.02. The number of benzene rings is 1. The number of fused-ring (bicyclic) bond motifs is 1. The molecule has 0 saturated carbocycles. The first-order valence-corrected chi connectivity index (χ1v) is 7.85. The quantitative estimate of drug-likeness (QED) is 0.528. The number of rotatable bonds is 10. The Morgan fingerprint density at radius 2 is 2.08 bits per heavy atom. The van der Waals surface area contributed by atoms with Crippen molar-refractivity contribution in [1.29, 1.82) is 0 Å². The zero-order valence-electron chi connectivity index (χ0n) is 13.9. The highest BCUT2D eigenvalue weighted by atomic mass is 35.5. The van der Waals surface area contributed by atoms with Crippen LogP contribution < -0.4 is 24.8 Å². The number of aliphatic carboxylic acids is 1. The second-order valence-corrected chi connectivity index (χ2v) is 5.27. The number of carboxylic acid groups (broad SMARTS) is 1. The van der Waals surface area contributed by atoms with Gasteiger partial charge in [0.2, 0.25) is 12.7 Å². The highest BCUT2D eigenvalue weighted by Crippen LogP contribution is 2.34. The number of carbonyl (C=O) groups is 2. The third kappa shape index (κ3) is 6.67. The van der Waals surface area contributed by atoms with Gasteiger partial charge in [0.25, 0.3) is 0 Å². The van der Waals surface area contributed by atoms with E-state index in [1.165, 1.54) is 0 Å². The summed E-state index contributed by atoms with van der Waals surface area (Å²) in [5, 5.41) is 14.4. The molecule has 0 saturated heterocycles. The Morgan fingerprint density at radius 1 is 1.32 bits per heavy atom. The summed E-state index contributed by atoms with van der Waals surface area (Å²) in [5.74, 6) is 0.723. The Labute approximate surface area is 152 Å². The van der Waals surface area contributed by atoms with E-state index in [0.717, 1.165) is 6.42 Å². The lowest BCUT2D eigenvalue weighted by Gasteiger charge is -2.13. The summed E-state index contributed by atoms with van der Waals surface area (Å²) in [5.41, 5.74) is 0. The maximum Gasteiger partial charge on any atom is 0.320 e. The monoisotopic (exact) mass is 374 g/mol. The fourth-order valence-corrected chi connectivity index (χ4v) is 2.21. The molecule has 1 aliphatic heterocycles. The summed E-state index contributed by atoms with van der Waals surface area (Å²) in [6.07, 6.45) is 1.21. The van der Waals surface area contributed by atoms with Crippen molar-refractivity contribution in [3.8, 4) is 17.2 Å². The topological polar surface area (TPSA) is 106 Å². The molecule has 9 heteroatoms. The first-order valence-electron chi connectivity index (χ1n) is 7.85. The van der Waals surface area contributed by atoms with Gasteiger partial charge in [0.1, 0.15) is 18.4 Å². The minimum absolute atomic E-state index is 0. The van der Waals surface area contributed by atoms with Gasteiger partial charge in [0, 0.05) is 6.07 Å². The molecule has 1 aromatic rings. The molecule has 8 nitrogen and oxygen atoms in total. The molecule has 1 heterocycles. The van der Waals surface area contributed by atoms with Crippen LogP contribution >= 0.6 is 12.4 Å². The predicted molar refractivity (Wildman–Crippen MR) is 92.7 cm³/mol. The lowest BCUT2D eigenvalue weighted by atomic mass is 10.2. The molecule has 140 valence electrons. The normalized spacial score (nSPS) is 12.8. The number of ether oxygens (including phenoxy) is 3. The van der Waals surface area contributed by atoms with Gasteiger partial charge in [-0.1, -0.05) is 13.3 Å². The number of hydrogen-bond acceptors (Lipinski definition) is 6. The van der Waals surface area contributed by atoms with E-state index in [2.05, 4.69) is 10.6 Å². The summed E-state index contributed by atoms with van der Waals surface area (Å²) in [6, 6.07) is 4.55. The van der Waals surface area contributed by atoms with Gasteiger partial charge in [0.15, 0.2) is 11.5 Å². The number of hydrogen-bond donors (Lipinski definition) is 3. The lowest BCUT2D eigenvalue weighted by molar-refractivity contribution is -0.139. The van der Waals surface area contributed by atoms with Crippen molar-refractivity contribution in [2.45, 2.75) is 25.8 Å². The average molecular weight is 375 g/mol. The van der Waals surface area contributed by atoms with Gasteiger partial charge in [-0.05, 0) is 18.6 Å². The van der Waals surface area contributed by atoms with Crippen LogP contribution in [-0.4, -0.2) is 49.5 Å². The fraction of sp³-hybridized carbons (Fsp3) is 0.500. The Hall–Kier alpha value is -2.19. The molecule has 1 amide bonds. The van der Waals surface area contributed by atoms with Gasteiger partial charge in [-0.15, -0.1) is 12.4 Å². The van der Waals surface area contributed by atoms with E-state index < -0.39 is 12.0 Å². The van der Waals surface area contributed by atoms with Crippen LogP contribution in [0, 0.1) is 0 Å². The van der Waals surface area contributed by atoms with E-state index in [0.29, 0.717) is 36.8 Å². The molecular formula is C16H23ClN2O6. The molecule has 1 atom stereocenters. The zero-order chi connectivity index (χ0) is 17.4. The highest BCUT2D eigenvalue weighted by molar-refractivity contribution is 5.85. The second-order valence-electron chi connectivity index (χ2n) is 5.27. The van der Waals surface area contributed by atoms with Crippen molar-refractivity contribution in [1.82, 2.24) is 10.6 Å². The number of amides is 1. The Kier molecular flexibility index (Phi) is 8.87. The summed E-state index contributed by atoms with van der Waals surface area (Å²) < 4.78 is 16.0. The largest absolute Gasteiger partial charge is 0.492 e. The molecule has 2 rings (SSSR count). The first-order chi connectivity index (χ1) is 11.6.